The third-order valence-electron chi connectivity index (χ3n) is 2.97. The van der Waals surface area contributed by atoms with Crippen LogP contribution in [0.25, 0.3) is 5.65 Å². The van der Waals surface area contributed by atoms with Crippen molar-refractivity contribution < 1.29 is 9.66 Å². The molecular weight excluding hydrogens is 340 g/mol. The van der Waals surface area contributed by atoms with Gasteiger partial charge in [-0.15, -0.1) is 0 Å². The van der Waals surface area contributed by atoms with E-state index < -0.39 is 4.92 Å². The first-order valence-corrected chi connectivity index (χ1v) is 6.76. The number of benzene rings is 1. The molecule has 0 radical (unpaired) electrons. The van der Waals surface area contributed by atoms with Crippen LogP contribution < -0.4 is 4.74 Å². The minimum absolute atomic E-state index is 0.00172. The number of halogens is 1. The summed E-state index contributed by atoms with van der Waals surface area (Å²) in [6, 6.07) is 4.66. The van der Waals surface area contributed by atoms with Gasteiger partial charge in [-0.2, -0.15) is 0 Å². The molecular formula is C13H9BrN4O3. The number of imidazole rings is 1. The number of hydrogen-bond donors (Lipinski definition) is 0. The molecule has 8 heteroatoms. The van der Waals surface area contributed by atoms with Gasteiger partial charge in [-0.3, -0.25) is 14.5 Å². The van der Waals surface area contributed by atoms with Crippen molar-refractivity contribution in [3.8, 4) is 11.6 Å². The number of nitro groups is 1. The van der Waals surface area contributed by atoms with Gasteiger partial charge in [0.25, 0.3) is 11.6 Å². The Morgan fingerprint density at radius 2 is 2.24 bits per heavy atom. The molecule has 0 N–H and O–H groups in total. The Balaban J connectivity index is 2.09. The topological polar surface area (TPSA) is 82.6 Å². The maximum absolute atomic E-state index is 11.0. The van der Waals surface area contributed by atoms with Crippen LogP contribution in [0.4, 0.5) is 5.69 Å². The van der Waals surface area contributed by atoms with Crippen LogP contribution in [0.5, 0.6) is 11.6 Å². The molecule has 0 saturated carbocycles. The van der Waals surface area contributed by atoms with Crippen molar-refractivity contribution in [1.29, 1.82) is 0 Å². The van der Waals surface area contributed by atoms with Gasteiger partial charge in [0.1, 0.15) is 10.4 Å². The highest BCUT2D eigenvalue weighted by Gasteiger charge is 2.16. The minimum Gasteiger partial charge on any atom is -0.435 e. The van der Waals surface area contributed by atoms with E-state index in [0.29, 0.717) is 21.6 Å². The van der Waals surface area contributed by atoms with Crippen LogP contribution in [-0.2, 0) is 0 Å². The zero-order valence-electron chi connectivity index (χ0n) is 10.9. The molecule has 1 aromatic carbocycles. The standard InChI is InChI=1S/C13H9BrN4O3/c1-8-9(18(19)20)3-2-4-10(8)21-13-12-15-5-6-17(12)7-11(14)16-13/h2-7H,1H3. The van der Waals surface area contributed by atoms with Crippen molar-refractivity contribution in [2.24, 2.45) is 0 Å². The molecule has 0 aliphatic rings. The van der Waals surface area contributed by atoms with Gasteiger partial charge in [0.05, 0.1) is 10.5 Å². The number of nitrogens with zero attached hydrogens (tertiary/aromatic N) is 4. The van der Waals surface area contributed by atoms with Crippen LogP contribution in [-0.4, -0.2) is 19.3 Å². The molecule has 0 aliphatic heterocycles. The first kappa shape index (κ1) is 13.5. The molecule has 0 spiro atoms. The summed E-state index contributed by atoms with van der Waals surface area (Å²) in [5.74, 6) is 0.651. The van der Waals surface area contributed by atoms with Gasteiger partial charge >= 0.3 is 0 Å². The lowest BCUT2D eigenvalue weighted by Gasteiger charge is -2.09. The van der Waals surface area contributed by atoms with Crippen molar-refractivity contribution in [3.63, 3.8) is 0 Å². The molecule has 21 heavy (non-hydrogen) atoms. The molecule has 2 heterocycles. The second-order valence-corrected chi connectivity index (χ2v) is 5.10. The van der Waals surface area contributed by atoms with E-state index in [1.54, 1.807) is 42.0 Å². The van der Waals surface area contributed by atoms with E-state index >= 15 is 0 Å². The van der Waals surface area contributed by atoms with Crippen molar-refractivity contribution >= 4 is 27.3 Å². The number of nitro benzene ring substituents is 1. The van der Waals surface area contributed by atoms with Gasteiger partial charge in [0, 0.05) is 24.7 Å². The lowest BCUT2D eigenvalue weighted by atomic mass is 10.2. The highest BCUT2D eigenvalue weighted by Crippen LogP contribution is 2.32. The fourth-order valence-corrected chi connectivity index (χ4v) is 2.34. The molecule has 0 atom stereocenters. The quantitative estimate of drug-likeness (QED) is 0.534. The van der Waals surface area contributed by atoms with Crippen molar-refractivity contribution in [2.45, 2.75) is 6.92 Å². The van der Waals surface area contributed by atoms with Crippen molar-refractivity contribution in [1.82, 2.24) is 14.4 Å². The summed E-state index contributed by atoms with van der Waals surface area (Å²) < 4.78 is 8.05. The van der Waals surface area contributed by atoms with Crippen LogP contribution in [0.2, 0.25) is 0 Å². The third-order valence-corrected chi connectivity index (χ3v) is 3.35. The van der Waals surface area contributed by atoms with Gasteiger partial charge in [-0.25, -0.2) is 9.97 Å². The normalized spacial score (nSPS) is 10.8. The summed E-state index contributed by atoms with van der Waals surface area (Å²) in [6.45, 7) is 1.63. The van der Waals surface area contributed by atoms with E-state index in [4.69, 9.17) is 4.74 Å². The maximum Gasteiger partial charge on any atom is 0.276 e. The number of aromatic nitrogens is 3. The monoisotopic (exact) mass is 348 g/mol. The molecule has 0 bridgehead atoms. The van der Waals surface area contributed by atoms with Crippen LogP contribution >= 0.6 is 15.9 Å². The number of hydrogen-bond acceptors (Lipinski definition) is 5. The first-order valence-electron chi connectivity index (χ1n) is 5.97. The molecule has 2 aromatic heterocycles. The average Bonchev–Trinajstić information content (AvgIpc) is 2.88. The highest BCUT2D eigenvalue weighted by atomic mass is 79.9. The van der Waals surface area contributed by atoms with Gasteiger partial charge in [-0.1, -0.05) is 6.07 Å². The Hall–Kier alpha value is -2.48. The average molecular weight is 349 g/mol. The second kappa shape index (κ2) is 5.13. The van der Waals surface area contributed by atoms with Gasteiger partial charge in [0.15, 0.2) is 0 Å². The zero-order valence-corrected chi connectivity index (χ0v) is 12.4. The fraction of sp³-hybridized carbons (Fsp3) is 0.0769. The Labute approximate surface area is 127 Å². The maximum atomic E-state index is 11.0. The minimum atomic E-state index is -0.443. The molecule has 0 saturated heterocycles. The van der Waals surface area contributed by atoms with Gasteiger partial charge in [-0.05, 0) is 28.9 Å². The molecule has 7 nitrogen and oxygen atoms in total. The fourth-order valence-electron chi connectivity index (χ4n) is 1.96. The molecule has 3 aromatic rings. The molecule has 3 rings (SSSR count). The SMILES string of the molecule is Cc1c(Oc2nc(Br)cn3ccnc23)cccc1[N+](=O)[O-]. The largest absolute Gasteiger partial charge is 0.435 e. The van der Waals surface area contributed by atoms with E-state index in [1.165, 1.54) is 6.07 Å². The molecule has 0 unspecified atom stereocenters. The predicted octanol–water partition coefficient (Wildman–Crippen LogP) is 3.50. The van der Waals surface area contributed by atoms with Crippen LogP contribution in [0, 0.1) is 17.0 Å². The summed E-state index contributed by atoms with van der Waals surface area (Å²) in [5, 5.41) is 11.0. The molecule has 106 valence electrons. The molecule has 0 fully saturated rings. The Kier molecular flexibility index (Phi) is 3.30. The van der Waals surface area contributed by atoms with E-state index in [0.717, 1.165) is 0 Å². The van der Waals surface area contributed by atoms with Crippen LogP contribution in [0.15, 0.2) is 41.4 Å². The summed E-state index contributed by atoms with van der Waals surface area (Å²) in [6.07, 6.45) is 5.13. The summed E-state index contributed by atoms with van der Waals surface area (Å²) >= 11 is 3.29. The smallest absolute Gasteiger partial charge is 0.276 e. The number of ether oxygens (including phenoxy) is 1. The van der Waals surface area contributed by atoms with Gasteiger partial charge in [0.2, 0.25) is 5.65 Å². The lowest BCUT2D eigenvalue weighted by molar-refractivity contribution is -0.385. The van der Waals surface area contributed by atoms with Crippen molar-refractivity contribution in [2.75, 3.05) is 0 Å². The molecule has 0 amide bonds. The molecule has 0 aliphatic carbocycles. The summed E-state index contributed by atoms with van der Waals surface area (Å²) in [4.78, 5) is 18.9. The number of rotatable bonds is 3. The first-order chi connectivity index (χ1) is 10.1. The number of fused-ring (bicyclic) bond motifs is 1. The summed E-state index contributed by atoms with van der Waals surface area (Å²) in [5.41, 5.74) is 0.972. The highest BCUT2D eigenvalue weighted by molar-refractivity contribution is 9.10. The zero-order chi connectivity index (χ0) is 15.0. The van der Waals surface area contributed by atoms with Gasteiger partial charge < -0.3 is 4.74 Å². The van der Waals surface area contributed by atoms with Crippen LogP contribution in [0.1, 0.15) is 5.56 Å². The van der Waals surface area contributed by atoms with E-state index in [2.05, 4.69) is 25.9 Å². The Bertz CT molecular complexity index is 847. The van der Waals surface area contributed by atoms with E-state index in [1.807, 2.05) is 0 Å². The second-order valence-electron chi connectivity index (χ2n) is 4.29. The van der Waals surface area contributed by atoms with Crippen LogP contribution in [0.3, 0.4) is 0 Å². The van der Waals surface area contributed by atoms with E-state index in [-0.39, 0.29) is 11.6 Å². The Morgan fingerprint density at radius 3 is 3.00 bits per heavy atom. The predicted molar refractivity (Wildman–Crippen MR) is 78.6 cm³/mol. The third kappa shape index (κ3) is 2.45. The lowest BCUT2D eigenvalue weighted by Crippen LogP contribution is -1.98. The summed E-state index contributed by atoms with van der Waals surface area (Å²) in [7, 11) is 0. The Morgan fingerprint density at radius 1 is 1.43 bits per heavy atom. The van der Waals surface area contributed by atoms with E-state index in [9.17, 15) is 10.1 Å². The van der Waals surface area contributed by atoms with Crippen molar-refractivity contribution in [3.05, 3.63) is 57.1 Å².